The monoisotopic (exact) mass is 377 g/mol. The highest BCUT2D eigenvalue weighted by Crippen LogP contribution is 2.23. The van der Waals surface area contributed by atoms with Crippen molar-refractivity contribution in [1.29, 1.82) is 0 Å². The van der Waals surface area contributed by atoms with Gasteiger partial charge in [-0.1, -0.05) is 11.6 Å². The molecular weight excluding hydrogens is 362 g/mol. The Morgan fingerprint density at radius 3 is 2.38 bits per heavy atom. The van der Waals surface area contributed by atoms with Gasteiger partial charge in [-0.3, -0.25) is 10.1 Å². The van der Waals surface area contributed by atoms with Crippen molar-refractivity contribution in [3.8, 4) is 0 Å². The van der Waals surface area contributed by atoms with Gasteiger partial charge in [0.25, 0.3) is 5.91 Å². The molecule has 3 N–H and O–H groups in total. The van der Waals surface area contributed by atoms with Gasteiger partial charge in [0.15, 0.2) is 6.10 Å². The first-order valence-corrected chi connectivity index (χ1v) is 8.32. The number of imide groups is 1. The predicted molar refractivity (Wildman–Crippen MR) is 84.9 cm³/mol. The quantitative estimate of drug-likeness (QED) is 0.709. The second-order valence-electron chi connectivity index (χ2n) is 4.83. The lowest BCUT2D eigenvalue weighted by Gasteiger charge is -2.15. The highest BCUT2D eigenvalue weighted by molar-refractivity contribution is 7.89. The molecule has 132 valence electrons. The Kier molecular flexibility index (Phi) is 6.29. The van der Waals surface area contributed by atoms with Crippen molar-refractivity contribution in [3.05, 3.63) is 28.8 Å². The van der Waals surface area contributed by atoms with E-state index in [-0.39, 0.29) is 15.5 Å². The van der Waals surface area contributed by atoms with Crippen LogP contribution in [0, 0.1) is 0 Å². The van der Waals surface area contributed by atoms with E-state index in [1.165, 1.54) is 33.2 Å². The molecule has 0 saturated carbocycles. The number of benzene rings is 1. The van der Waals surface area contributed by atoms with Gasteiger partial charge in [-0.15, -0.1) is 0 Å². The normalized spacial score (nSPS) is 12.5. The van der Waals surface area contributed by atoms with Gasteiger partial charge in [0.1, 0.15) is 0 Å². The fourth-order valence-electron chi connectivity index (χ4n) is 1.53. The summed E-state index contributed by atoms with van der Waals surface area (Å²) >= 11 is 5.88. The van der Waals surface area contributed by atoms with Crippen molar-refractivity contribution in [2.45, 2.75) is 17.9 Å². The van der Waals surface area contributed by atoms with Crippen LogP contribution in [0.25, 0.3) is 0 Å². The molecule has 1 atom stereocenters. The maximum absolute atomic E-state index is 12.1. The number of hydrogen-bond donors (Lipinski definition) is 2. The van der Waals surface area contributed by atoms with Crippen molar-refractivity contribution in [2.75, 3.05) is 14.1 Å². The van der Waals surface area contributed by atoms with Gasteiger partial charge in [-0.2, -0.15) is 0 Å². The number of halogens is 1. The number of amides is 3. The predicted octanol–water partition coefficient (Wildman–Crippen LogP) is 0.330. The molecule has 0 aromatic heterocycles. The van der Waals surface area contributed by atoms with Crippen LogP contribution in [0.4, 0.5) is 4.79 Å². The first-order chi connectivity index (χ1) is 11.0. The van der Waals surface area contributed by atoms with Gasteiger partial charge in [0.05, 0.1) is 15.5 Å². The topological polar surface area (TPSA) is 136 Å². The summed E-state index contributed by atoms with van der Waals surface area (Å²) < 4.78 is 30.0. The number of carbonyl (C=O) groups excluding carboxylic acids is 3. The molecule has 1 unspecified atom stereocenters. The summed E-state index contributed by atoms with van der Waals surface area (Å²) in [6.07, 6.45) is -1.34. The number of carbonyl (C=O) groups is 3. The van der Waals surface area contributed by atoms with Crippen LogP contribution in [0.1, 0.15) is 17.3 Å². The molecule has 0 aliphatic rings. The second kappa shape index (κ2) is 7.60. The van der Waals surface area contributed by atoms with E-state index in [4.69, 9.17) is 22.1 Å². The number of hydrogen-bond acceptors (Lipinski definition) is 6. The lowest BCUT2D eigenvalue weighted by molar-refractivity contribution is -0.127. The number of nitrogens with two attached hydrogens (primary N) is 1. The minimum absolute atomic E-state index is 0.0554. The maximum Gasteiger partial charge on any atom is 0.340 e. The van der Waals surface area contributed by atoms with Crippen molar-refractivity contribution in [3.63, 3.8) is 0 Å². The SMILES string of the molecule is CC(OC(=O)c1cc(S(=O)(=O)N(C)C)ccc1Cl)C(=O)NC(N)=O. The first-order valence-electron chi connectivity index (χ1n) is 6.50. The molecule has 1 rings (SSSR count). The third-order valence-corrected chi connectivity index (χ3v) is 4.98. The van der Waals surface area contributed by atoms with Crippen LogP contribution in [0.2, 0.25) is 5.02 Å². The molecule has 1 aromatic rings. The minimum Gasteiger partial charge on any atom is -0.449 e. The highest BCUT2D eigenvalue weighted by Gasteiger charge is 2.24. The molecule has 3 amide bonds. The highest BCUT2D eigenvalue weighted by atomic mass is 35.5. The van der Waals surface area contributed by atoms with Crippen LogP contribution >= 0.6 is 11.6 Å². The Morgan fingerprint density at radius 2 is 1.88 bits per heavy atom. The summed E-state index contributed by atoms with van der Waals surface area (Å²) in [5, 5.41) is 1.70. The summed E-state index contributed by atoms with van der Waals surface area (Å²) in [5.41, 5.74) is 4.55. The van der Waals surface area contributed by atoms with Crippen molar-refractivity contribution >= 4 is 39.5 Å². The van der Waals surface area contributed by atoms with E-state index in [2.05, 4.69) is 0 Å². The van der Waals surface area contributed by atoms with Crippen LogP contribution in [-0.4, -0.2) is 50.8 Å². The Hall–Kier alpha value is -2.17. The third kappa shape index (κ3) is 4.66. The number of rotatable bonds is 5. The van der Waals surface area contributed by atoms with Gasteiger partial charge >= 0.3 is 12.0 Å². The van der Waals surface area contributed by atoms with Gasteiger partial charge < -0.3 is 10.5 Å². The summed E-state index contributed by atoms with van der Waals surface area (Å²) in [5.74, 6) is -1.95. The zero-order valence-corrected chi connectivity index (χ0v) is 14.6. The number of nitrogens with zero attached hydrogens (tertiary/aromatic N) is 1. The number of sulfonamides is 1. The van der Waals surface area contributed by atoms with Crippen LogP contribution in [0.5, 0.6) is 0 Å². The second-order valence-corrected chi connectivity index (χ2v) is 7.39. The van der Waals surface area contributed by atoms with E-state index in [1.807, 2.05) is 0 Å². The maximum atomic E-state index is 12.1. The minimum atomic E-state index is -3.78. The van der Waals surface area contributed by atoms with Gasteiger partial charge in [-0.05, 0) is 25.1 Å². The van der Waals surface area contributed by atoms with E-state index in [0.29, 0.717) is 0 Å². The zero-order valence-electron chi connectivity index (χ0n) is 13.1. The molecule has 0 aliphatic carbocycles. The van der Waals surface area contributed by atoms with Crippen LogP contribution in [-0.2, 0) is 19.6 Å². The van der Waals surface area contributed by atoms with Crippen LogP contribution in [0.3, 0.4) is 0 Å². The molecule has 0 heterocycles. The summed E-state index contributed by atoms with van der Waals surface area (Å²) in [6.45, 7) is 1.21. The average molecular weight is 378 g/mol. The fraction of sp³-hybridized carbons (Fsp3) is 0.308. The van der Waals surface area contributed by atoms with Crippen LogP contribution < -0.4 is 11.1 Å². The molecule has 24 heavy (non-hydrogen) atoms. The molecule has 0 saturated heterocycles. The first kappa shape index (κ1) is 19.9. The van der Waals surface area contributed by atoms with Crippen molar-refractivity contribution in [2.24, 2.45) is 5.73 Å². The summed E-state index contributed by atoms with van der Waals surface area (Å²) in [6, 6.07) is 2.40. The van der Waals surface area contributed by atoms with Gasteiger partial charge in [0.2, 0.25) is 10.0 Å². The molecule has 0 spiro atoms. The number of nitrogens with one attached hydrogen (secondary N) is 1. The van der Waals surface area contributed by atoms with E-state index >= 15 is 0 Å². The summed E-state index contributed by atoms with van der Waals surface area (Å²) in [7, 11) is -1.12. The molecule has 1 aromatic carbocycles. The molecular formula is C13H16ClN3O6S. The Balaban J connectivity index is 3.07. The van der Waals surface area contributed by atoms with Gasteiger partial charge in [0, 0.05) is 14.1 Å². The molecule has 0 bridgehead atoms. The lowest BCUT2D eigenvalue weighted by Crippen LogP contribution is -2.42. The van der Waals surface area contributed by atoms with Crippen molar-refractivity contribution < 1.29 is 27.5 Å². The standard InChI is InChI=1S/C13H16ClN3O6S/c1-7(11(18)16-13(15)20)23-12(19)9-6-8(4-5-10(9)14)24(21,22)17(2)3/h4-7H,1-3H3,(H3,15,16,18,20). The number of esters is 1. The molecule has 0 fully saturated rings. The Labute approximate surface area is 143 Å². The molecule has 9 nitrogen and oxygen atoms in total. The fourth-order valence-corrected chi connectivity index (χ4v) is 2.66. The zero-order chi connectivity index (χ0) is 18.7. The number of ether oxygens (including phenoxy) is 1. The third-order valence-electron chi connectivity index (χ3n) is 2.84. The summed E-state index contributed by atoms with van der Waals surface area (Å²) in [4.78, 5) is 34.0. The van der Waals surface area contributed by atoms with E-state index in [1.54, 1.807) is 5.32 Å². The largest absolute Gasteiger partial charge is 0.449 e. The van der Waals surface area contributed by atoms with Crippen molar-refractivity contribution in [1.82, 2.24) is 9.62 Å². The molecule has 11 heteroatoms. The number of urea groups is 1. The Morgan fingerprint density at radius 1 is 1.29 bits per heavy atom. The van der Waals surface area contributed by atoms with Crippen LogP contribution in [0.15, 0.2) is 23.1 Å². The average Bonchev–Trinajstić information content (AvgIpc) is 2.46. The van der Waals surface area contributed by atoms with E-state index in [0.717, 1.165) is 10.4 Å². The lowest BCUT2D eigenvalue weighted by atomic mass is 10.2. The molecule has 0 radical (unpaired) electrons. The Bertz CT molecular complexity index is 778. The van der Waals surface area contributed by atoms with E-state index < -0.39 is 34.0 Å². The molecule has 0 aliphatic heterocycles. The number of primary amides is 1. The van der Waals surface area contributed by atoms with E-state index in [9.17, 15) is 22.8 Å². The van der Waals surface area contributed by atoms with Gasteiger partial charge in [-0.25, -0.2) is 22.3 Å². The smallest absolute Gasteiger partial charge is 0.340 e.